The van der Waals surface area contributed by atoms with E-state index in [4.69, 9.17) is 35.0 Å². The van der Waals surface area contributed by atoms with Gasteiger partial charge in [-0.25, -0.2) is 9.59 Å². The van der Waals surface area contributed by atoms with Crippen LogP contribution in [0.2, 0.25) is 0 Å². The standard InChI is InChI=1S/C33H42N2O2.C2H2O4/c1-23-24(2)31-29(25(3)30(23)34)21-33(4,37-31)22-35-18-15-26(16-19-35)17-20-36-32(27-11-7-5-8-12-27)28-13-9-6-10-14-28;3-1(4)2(5)6/h5-14,26,32H,15-22,34H2,1-4H3;(H,3,4)(H,5,6). The Morgan fingerprint density at radius 2 is 1.47 bits per heavy atom. The van der Waals surface area contributed by atoms with Gasteiger partial charge in [-0.3, -0.25) is 4.90 Å². The Balaban J connectivity index is 0.000000641. The number of piperidine rings is 1. The molecular formula is C35H44N2O6. The second-order valence-corrected chi connectivity index (χ2v) is 12.0. The topological polar surface area (TPSA) is 122 Å². The van der Waals surface area contributed by atoms with Crippen molar-refractivity contribution < 1.29 is 29.3 Å². The van der Waals surface area contributed by atoms with E-state index in [0.29, 0.717) is 5.92 Å². The second kappa shape index (κ2) is 14.1. The summed E-state index contributed by atoms with van der Waals surface area (Å²) >= 11 is 0. The van der Waals surface area contributed by atoms with Gasteiger partial charge in [-0.1, -0.05) is 60.7 Å². The highest BCUT2D eigenvalue weighted by atomic mass is 16.5. The largest absolute Gasteiger partial charge is 0.485 e. The molecule has 5 rings (SSSR count). The lowest BCUT2D eigenvalue weighted by molar-refractivity contribution is -0.159. The average molecular weight is 589 g/mol. The number of rotatable bonds is 8. The number of carboxylic acids is 2. The van der Waals surface area contributed by atoms with E-state index >= 15 is 0 Å². The molecule has 43 heavy (non-hydrogen) atoms. The second-order valence-electron chi connectivity index (χ2n) is 12.0. The average Bonchev–Trinajstić information content (AvgIpc) is 3.36. The quantitative estimate of drug-likeness (QED) is 0.218. The van der Waals surface area contributed by atoms with Crippen LogP contribution in [0, 0.1) is 26.7 Å². The highest BCUT2D eigenvalue weighted by molar-refractivity contribution is 6.27. The minimum Gasteiger partial charge on any atom is -0.485 e. The number of likely N-dealkylation sites (tertiary alicyclic amines) is 1. The number of nitrogens with two attached hydrogens (primary N) is 1. The summed E-state index contributed by atoms with van der Waals surface area (Å²) in [4.78, 5) is 20.8. The van der Waals surface area contributed by atoms with Crippen molar-refractivity contribution >= 4 is 17.6 Å². The van der Waals surface area contributed by atoms with Gasteiger partial charge >= 0.3 is 11.9 Å². The summed E-state index contributed by atoms with van der Waals surface area (Å²) in [7, 11) is 0. The van der Waals surface area contributed by atoms with Gasteiger partial charge in [-0.15, -0.1) is 0 Å². The van der Waals surface area contributed by atoms with Crippen LogP contribution in [0.4, 0.5) is 5.69 Å². The maximum Gasteiger partial charge on any atom is 0.414 e. The summed E-state index contributed by atoms with van der Waals surface area (Å²) in [5, 5.41) is 14.8. The fourth-order valence-corrected chi connectivity index (χ4v) is 6.21. The number of nitrogen functional groups attached to an aromatic ring is 1. The van der Waals surface area contributed by atoms with E-state index in [9.17, 15) is 0 Å². The molecule has 3 aromatic carbocycles. The Hall–Kier alpha value is -3.88. The first kappa shape index (κ1) is 32.0. The number of hydrogen-bond acceptors (Lipinski definition) is 6. The lowest BCUT2D eigenvalue weighted by atomic mass is 9.90. The zero-order chi connectivity index (χ0) is 31.1. The lowest BCUT2D eigenvalue weighted by Gasteiger charge is -2.37. The number of anilines is 1. The Kier molecular flexibility index (Phi) is 10.5. The predicted molar refractivity (Wildman–Crippen MR) is 168 cm³/mol. The molecule has 0 bridgehead atoms. The Morgan fingerprint density at radius 3 is 1.98 bits per heavy atom. The number of carboxylic acid groups (broad SMARTS) is 2. The minimum atomic E-state index is -1.82. The zero-order valence-electron chi connectivity index (χ0n) is 25.6. The van der Waals surface area contributed by atoms with Gasteiger partial charge < -0.3 is 25.4 Å². The van der Waals surface area contributed by atoms with Gasteiger partial charge in [0.15, 0.2) is 0 Å². The molecule has 2 aliphatic heterocycles. The highest BCUT2D eigenvalue weighted by Crippen LogP contribution is 2.44. The molecule has 4 N–H and O–H groups in total. The maximum atomic E-state index is 9.10. The number of carbonyl (C=O) groups is 2. The van der Waals surface area contributed by atoms with Crippen LogP contribution in [0.3, 0.4) is 0 Å². The van der Waals surface area contributed by atoms with Gasteiger partial charge in [0.1, 0.15) is 17.5 Å². The Bertz CT molecular complexity index is 1310. The SMILES string of the molecule is Cc1c(C)c2c(c(C)c1N)CC(C)(CN1CCC(CCOC(c3ccccc3)c3ccccc3)CC1)O2.O=C(O)C(=O)O. The molecule has 1 atom stereocenters. The van der Waals surface area contributed by atoms with Crippen LogP contribution >= 0.6 is 0 Å². The summed E-state index contributed by atoms with van der Waals surface area (Å²) in [5.74, 6) is -1.86. The summed E-state index contributed by atoms with van der Waals surface area (Å²) in [6.07, 6.45) is 4.48. The van der Waals surface area contributed by atoms with E-state index in [2.05, 4.69) is 93.3 Å². The molecule has 1 saturated heterocycles. The molecule has 2 aliphatic rings. The van der Waals surface area contributed by atoms with E-state index in [1.54, 1.807) is 0 Å². The van der Waals surface area contributed by atoms with Gasteiger partial charge in [-0.2, -0.15) is 0 Å². The first-order valence-electron chi connectivity index (χ1n) is 15.0. The van der Waals surface area contributed by atoms with Crippen LogP contribution in [0.5, 0.6) is 5.75 Å². The molecule has 1 unspecified atom stereocenters. The smallest absolute Gasteiger partial charge is 0.414 e. The number of nitrogens with zero attached hydrogens (tertiary/aromatic N) is 1. The minimum absolute atomic E-state index is 0.00632. The van der Waals surface area contributed by atoms with Crippen LogP contribution in [0.25, 0.3) is 0 Å². The molecule has 0 spiro atoms. The number of ether oxygens (including phenoxy) is 2. The summed E-state index contributed by atoms with van der Waals surface area (Å²) in [6, 6.07) is 21.2. The Morgan fingerprint density at radius 1 is 0.930 bits per heavy atom. The van der Waals surface area contributed by atoms with Crippen molar-refractivity contribution in [3.8, 4) is 5.75 Å². The molecule has 0 aliphatic carbocycles. The third kappa shape index (κ3) is 7.94. The van der Waals surface area contributed by atoms with Gasteiger partial charge in [0, 0.05) is 30.8 Å². The number of hydrogen-bond donors (Lipinski definition) is 3. The maximum absolute atomic E-state index is 9.10. The Labute approximate surface area is 254 Å². The molecule has 1 fully saturated rings. The molecule has 0 aromatic heterocycles. The third-order valence-electron chi connectivity index (χ3n) is 8.80. The third-order valence-corrected chi connectivity index (χ3v) is 8.80. The highest BCUT2D eigenvalue weighted by Gasteiger charge is 2.39. The van der Waals surface area contributed by atoms with Crippen molar-refractivity contribution in [2.75, 3.05) is 32.0 Å². The first-order valence-corrected chi connectivity index (χ1v) is 15.0. The molecular weight excluding hydrogens is 544 g/mol. The molecule has 3 aromatic rings. The molecule has 230 valence electrons. The van der Waals surface area contributed by atoms with Crippen molar-refractivity contribution in [1.82, 2.24) is 4.90 Å². The lowest BCUT2D eigenvalue weighted by Crippen LogP contribution is -2.47. The van der Waals surface area contributed by atoms with Crippen LogP contribution in [-0.4, -0.2) is 58.9 Å². The zero-order valence-corrected chi connectivity index (χ0v) is 25.6. The van der Waals surface area contributed by atoms with Crippen molar-refractivity contribution in [3.63, 3.8) is 0 Å². The van der Waals surface area contributed by atoms with Crippen LogP contribution in [0.15, 0.2) is 60.7 Å². The molecule has 8 nitrogen and oxygen atoms in total. The van der Waals surface area contributed by atoms with Gasteiger partial charge in [0.25, 0.3) is 0 Å². The fourth-order valence-electron chi connectivity index (χ4n) is 6.21. The predicted octanol–water partition coefficient (Wildman–Crippen LogP) is 5.95. The van der Waals surface area contributed by atoms with Crippen LogP contribution in [0.1, 0.15) is 65.7 Å². The van der Waals surface area contributed by atoms with E-state index in [1.165, 1.54) is 40.7 Å². The molecule has 0 radical (unpaired) electrons. The van der Waals surface area contributed by atoms with Gasteiger partial charge in [0.2, 0.25) is 0 Å². The molecule has 0 amide bonds. The van der Waals surface area contributed by atoms with Crippen LogP contribution in [-0.2, 0) is 20.7 Å². The van der Waals surface area contributed by atoms with Gasteiger partial charge in [-0.05, 0) is 93.8 Å². The number of fused-ring (bicyclic) bond motifs is 1. The molecule has 2 heterocycles. The normalized spacial score (nSPS) is 18.4. The van der Waals surface area contributed by atoms with Crippen LogP contribution < -0.4 is 10.5 Å². The molecule has 8 heteroatoms. The van der Waals surface area contributed by atoms with Gasteiger partial charge in [0.05, 0.1) is 0 Å². The summed E-state index contributed by atoms with van der Waals surface area (Å²) in [5.41, 5.74) is 14.4. The van der Waals surface area contributed by atoms with E-state index in [1.807, 2.05) is 0 Å². The molecule has 0 saturated carbocycles. The fraction of sp³-hybridized carbons (Fsp3) is 0.429. The monoisotopic (exact) mass is 588 g/mol. The van der Waals surface area contributed by atoms with Crippen molar-refractivity contribution in [3.05, 3.63) is 94.0 Å². The van der Waals surface area contributed by atoms with E-state index < -0.39 is 11.9 Å². The number of benzene rings is 3. The number of aliphatic carboxylic acids is 2. The van der Waals surface area contributed by atoms with Crippen molar-refractivity contribution in [2.45, 2.75) is 65.1 Å². The van der Waals surface area contributed by atoms with E-state index in [-0.39, 0.29) is 11.7 Å². The van der Waals surface area contributed by atoms with E-state index in [0.717, 1.165) is 56.1 Å². The van der Waals surface area contributed by atoms with Crippen molar-refractivity contribution in [1.29, 1.82) is 0 Å². The first-order chi connectivity index (χ1) is 20.5. The van der Waals surface area contributed by atoms with Crippen molar-refractivity contribution in [2.24, 2.45) is 5.92 Å². The summed E-state index contributed by atoms with van der Waals surface area (Å²) in [6.45, 7) is 12.7. The summed E-state index contributed by atoms with van der Waals surface area (Å²) < 4.78 is 13.1.